The van der Waals surface area contributed by atoms with Crippen LogP contribution in [0.5, 0.6) is 0 Å². The predicted octanol–water partition coefficient (Wildman–Crippen LogP) is 3.16. The molecule has 8 heteroatoms. The summed E-state index contributed by atoms with van der Waals surface area (Å²) in [6.45, 7) is 0. The van der Waals surface area contributed by atoms with E-state index in [0.717, 1.165) is 17.8 Å². The molecule has 0 atom stereocenters. The van der Waals surface area contributed by atoms with Gasteiger partial charge in [0, 0.05) is 5.69 Å². The van der Waals surface area contributed by atoms with Crippen molar-refractivity contribution in [2.24, 2.45) is 0 Å². The van der Waals surface area contributed by atoms with E-state index in [9.17, 15) is 12.8 Å². The highest BCUT2D eigenvalue weighted by molar-refractivity contribution is 7.92. The summed E-state index contributed by atoms with van der Waals surface area (Å²) in [7, 11) is -3.84. The minimum Gasteiger partial charge on any atom is -0.339 e. The van der Waals surface area contributed by atoms with Gasteiger partial charge in [0.15, 0.2) is 11.6 Å². The molecule has 0 aliphatic rings. The van der Waals surface area contributed by atoms with E-state index in [-0.39, 0.29) is 10.7 Å². The third-order valence-corrected chi connectivity index (χ3v) is 4.44. The van der Waals surface area contributed by atoms with Gasteiger partial charge in [-0.15, -0.1) is 10.2 Å². The van der Waals surface area contributed by atoms with Crippen molar-refractivity contribution < 1.29 is 12.8 Å². The van der Waals surface area contributed by atoms with E-state index < -0.39 is 15.8 Å². The summed E-state index contributed by atoms with van der Waals surface area (Å²) in [5.74, 6) is 0.0361. The molecule has 24 heavy (non-hydrogen) atoms. The van der Waals surface area contributed by atoms with E-state index in [4.69, 9.17) is 0 Å². The smallest absolute Gasteiger partial charge is 0.263 e. The summed E-state index contributed by atoms with van der Waals surface area (Å²) < 4.78 is 39.5. The molecule has 0 aliphatic carbocycles. The lowest BCUT2D eigenvalue weighted by atomic mass is 10.3. The number of para-hydroxylation sites is 1. The Morgan fingerprint density at radius 2 is 1.42 bits per heavy atom. The van der Waals surface area contributed by atoms with Gasteiger partial charge in [0.25, 0.3) is 10.0 Å². The van der Waals surface area contributed by atoms with Crippen molar-refractivity contribution in [2.45, 2.75) is 4.90 Å². The maximum Gasteiger partial charge on any atom is 0.263 e. The molecule has 1 aromatic heterocycles. The maximum atomic E-state index is 12.9. The Balaban J connectivity index is 1.73. The third-order valence-electron chi connectivity index (χ3n) is 3.07. The number of nitrogens with zero attached hydrogens (tertiary/aromatic N) is 2. The fourth-order valence-electron chi connectivity index (χ4n) is 1.93. The third kappa shape index (κ3) is 3.85. The Morgan fingerprint density at radius 3 is 2.04 bits per heavy atom. The largest absolute Gasteiger partial charge is 0.339 e. The summed E-state index contributed by atoms with van der Waals surface area (Å²) in [6, 6.07) is 17.0. The number of hydrogen-bond acceptors (Lipinski definition) is 5. The van der Waals surface area contributed by atoms with Crippen LogP contribution in [0.15, 0.2) is 71.6 Å². The van der Waals surface area contributed by atoms with Gasteiger partial charge in [0.2, 0.25) is 0 Å². The number of nitrogens with one attached hydrogen (secondary N) is 2. The Kier molecular flexibility index (Phi) is 4.39. The standard InChI is InChI=1S/C16H13FN4O2S/c17-12-6-8-14(9-7-12)24(22,23)21-16-11-10-15(19-20-16)18-13-4-2-1-3-5-13/h1-11H,(H,18,19)(H,20,21). The van der Waals surface area contributed by atoms with E-state index in [1.165, 1.54) is 18.2 Å². The molecule has 0 spiro atoms. The van der Waals surface area contributed by atoms with Crippen LogP contribution in [0.2, 0.25) is 0 Å². The quantitative estimate of drug-likeness (QED) is 0.743. The molecule has 1 heterocycles. The predicted molar refractivity (Wildman–Crippen MR) is 89.0 cm³/mol. The van der Waals surface area contributed by atoms with Crippen molar-refractivity contribution in [3.05, 3.63) is 72.5 Å². The van der Waals surface area contributed by atoms with Gasteiger partial charge in [-0.05, 0) is 48.5 Å². The molecule has 3 rings (SSSR count). The van der Waals surface area contributed by atoms with Crippen molar-refractivity contribution in [2.75, 3.05) is 10.0 Å². The minimum absolute atomic E-state index is 0.0582. The zero-order valence-electron chi connectivity index (χ0n) is 12.3. The van der Waals surface area contributed by atoms with E-state index in [1.54, 1.807) is 6.07 Å². The van der Waals surface area contributed by atoms with Crippen LogP contribution >= 0.6 is 0 Å². The monoisotopic (exact) mass is 344 g/mol. The van der Waals surface area contributed by atoms with Crippen LogP contribution in [-0.2, 0) is 10.0 Å². The highest BCUT2D eigenvalue weighted by atomic mass is 32.2. The zero-order valence-corrected chi connectivity index (χ0v) is 13.2. The first-order chi connectivity index (χ1) is 11.5. The summed E-state index contributed by atoms with van der Waals surface area (Å²) in [5.41, 5.74) is 0.839. The first kappa shape index (κ1) is 15.9. The lowest BCUT2D eigenvalue weighted by Gasteiger charge is -2.08. The molecular formula is C16H13FN4O2S. The van der Waals surface area contributed by atoms with Crippen LogP contribution in [0.4, 0.5) is 21.7 Å². The molecule has 0 unspecified atom stereocenters. The lowest BCUT2D eigenvalue weighted by Crippen LogP contribution is -2.14. The molecule has 0 fully saturated rings. The molecule has 2 aromatic carbocycles. The highest BCUT2D eigenvalue weighted by Crippen LogP contribution is 2.17. The fourth-order valence-corrected chi connectivity index (χ4v) is 2.93. The molecule has 2 N–H and O–H groups in total. The summed E-state index contributed by atoms with van der Waals surface area (Å²) in [4.78, 5) is -0.0582. The zero-order chi connectivity index (χ0) is 17.0. The van der Waals surface area contributed by atoms with E-state index in [0.29, 0.717) is 5.82 Å². The van der Waals surface area contributed by atoms with Gasteiger partial charge in [-0.25, -0.2) is 12.8 Å². The normalized spacial score (nSPS) is 11.0. The first-order valence-corrected chi connectivity index (χ1v) is 8.45. The average molecular weight is 344 g/mol. The van der Waals surface area contributed by atoms with Gasteiger partial charge >= 0.3 is 0 Å². The highest BCUT2D eigenvalue weighted by Gasteiger charge is 2.15. The van der Waals surface area contributed by atoms with Crippen LogP contribution in [0.3, 0.4) is 0 Å². The Morgan fingerprint density at radius 1 is 0.792 bits per heavy atom. The molecular weight excluding hydrogens is 331 g/mol. The second kappa shape index (κ2) is 6.63. The van der Waals surface area contributed by atoms with Crippen LogP contribution < -0.4 is 10.0 Å². The molecule has 0 saturated carbocycles. The molecule has 0 radical (unpaired) electrons. The summed E-state index contributed by atoms with van der Waals surface area (Å²) in [5, 5.41) is 10.8. The molecule has 0 amide bonds. The van der Waals surface area contributed by atoms with Crippen molar-refractivity contribution >= 4 is 27.3 Å². The number of hydrogen-bond donors (Lipinski definition) is 2. The van der Waals surface area contributed by atoms with E-state index in [2.05, 4.69) is 20.2 Å². The lowest BCUT2D eigenvalue weighted by molar-refractivity contribution is 0.599. The number of halogens is 1. The second-order valence-corrected chi connectivity index (χ2v) is 6.54. The Bertz CT molecular complexity index is 915. The molecule has 122 valence electrons. The number of anilines is 3. The molecule has 0 aliphatic heterocycles. The summed E-state index contributed by atoms with van der Waals surface area (Å²) >= 11 is 0. The first-order valence-electron chi connectivity index (χ1n) is 6.97. The second-order valence-electron chi connectivity index (χ2n) is 4.85. The Hall–Kier alpha value is -3.00. The topological polar surface area (TPSA) is 84.0 Å². The molecule has 6 nitrogen and oxygen atoms in total. The van der Waals surface area contributed by atoms with Crippen LogP contribution in [-0.4, -0.2) is 18.6 Å². The fraction of sp³-hybridized carbons (Fsp3) is 0. The number of aromatic nitrogens is 2. The van der Waals surface area contributed by atoms with Crippen molar-refractivity contribution in [1.29, 1.82) is 0 Å². The van der Waals surface area contributed by atoms with Gasteiger partial charge in [0.1, 0.15) is 5.82 Å². The molecule has 0 bridgehead atoms. The van der Waals surface area contributed by atoms with E-state index >= 15 is 0 Å². The number of benzene rings is 2. The van der Waals surface area contributed by atoms with Gasteiger partial charge in [0.05, 0.1) is 4.90 Å². The Labute approximate surface area is 138 Å². The van der Waals surface area contributed by atoms with Gasteiger partial charge in [-0.1, -0.05) is 18.2 Å². The van der Waals surface area contributed by atoms with Crippen LogP contribution in [0, 0.1) is 5.82 Å². The van der Waals surface area contributed by atoms with Crippen molar-refractivity contribution in [3.8, 4) is 0 Å². The number of rotatable bonds is 5. The van der Waals surface area contributed by atoms with Crippen LogP contribution in [0.25, 0.3) is 0 Å². The van der Waals surface area contributed by atoms with Gasteiger partial charge < -0.3 is 5.32 Å². The van der Waals surface area contributed by atoms with Crippen molar-refractivity contribution in [3.63, 3.8) is 0 Å². The average Bonchev–Trinajstić information content (AvgIpc) is 2.58. The van der Waals surface area contributed by atoms with E-state index in [1.807, 2.05) is 30.3 Å². The maximum absolute atomic E-state index is 12.9. The minimum atomic E-state index is -3.84. The van der Waals surface area contributed by atoms with Gasteiger partial charge in [-0.2, -0.15) is 0 Å². The SMILES string of the molecule is O=S(=O)(Nc1ccc(Nc2ccccc2)nn1)c1ccc(F)cc1. The van der Waals surface area contributed by atoms with Gasteiger partial charge in [-0.3, -0.25) is 4.72 Å². The van der Waals surface area contributed by atoms with Crippen LogP contribution in [0.1, 0.15) is 0 Å². The van der Waals surface area contributed by atoms with Crippen molar-refractivity contribution in [1.82, 2.24) is 10.2 Å². The number of sulfonamides is 1. The summed E-state index contributed by atoms with van der Waals surface area (Å²) in [6.07, 6.45) is 0. The molecule has 3 aromatic rings. The molecule has 0 saturated heterocycles.